The van der Waals surface area contributed by atoms with E-state index in [0.29, 0.717) is 12.0 Å². The van der Waals surface area contributed by atoms with Crippen LogP contribution in [0.1, 0.15) is 29.3 Å². The largest absolute Gasteiger partial charge is 0.483 e. The van der Waals surface area contributed by atoms with Gasteiger partial charge in [0.05, 0.1) is 23.4 Å². The van der Waals surface area contributed by atoms with Crippen LogP contribution in [0.3, 0.4) is 0 Å². The zero-order valence-electron chi connectivity index (χ0n) is 14.5. The molecule has 0 radical (unpaired) electrons. The molecule has 27 heavy (non-hydrogen) atoms. The van der Waals surface area contributed by atoms with Crippen LogP contribution in [-0.2, 0) is 0 Å². The van der Waals surface area contributed by atoms with E-state index in [1.165, 1.54) is 0 Å². The maximum atomic E-state index is 9.24. The topological polar surface area (TPSA) is 69.7 Å². The lowest BCUT2D eigenvalue weighted by atomic mass is 9.91. The molecular weight excluding hydrogens is 334 g/mol. The highest BCUT2D eigenvalue weighted by atomic mass is 16.5. The van der Waals surface area contributed by atoms with Gasteiger partial charge in [0.25, 0.3) is 0 Å². The molecule has 0 saturated carbocycles. The Balaban J connectivity index is 1.76. The van der Waals surface area contributed by atoms with Crippen molar-refractivity contribution in [3.05, 3.63) is 89.8 Å². The Morgan fingerprint density at radius 1 is 1.00 bits per heavy atom. The summed E-state index contributed by atoms with van der Waals surface area (Å²) in [4.78, 5) is 4.39. The first-order chi connectivity index (χ1) is 13.3. The van der Waals surface area contributed by atoms with Gasteiger partial charge in [-0.25, -0.2) is 0 Å². The Labute approximate surface area is 157 Å². The van der Waals surface area contributed by atoms with Gasteiger partial charge in [-0.15, -0.1) is 0 Å². The first-order valence-corrected chi connectivity index (χ1v) is 8.59. The Hall–Kier alpha value is -3.89. The molecule has 1 unspecified atom stereocenters. The van der Waals surface area contributed by atoms with Crippen LogP contribution in [0.4, 0.5) is 0 Å². The molecule has 0 saturated heterocycles. The molecule has 1 aromatic heterocycles. The highest BCUT2D eigenvalue weighted by molar-refractivity contribution is 5.79. The molecule has 2 aromatic carbocycles. The standard InChI is InChI=1S/C23H15N3O/c24-10-9-19-14-23(21-6-1-2-11-26-21)27-22-8-7-18(13-20(19)22)17-5-3-4-16(12-17)15-25/h1-9,11-13,23H,14H2. The molecule has 0 fully saturated rings. The summed E-state index contributed by atoms with van der Waals surface area (Å²) in [6.07, 6.45) is 3.69. The lowest BCUT2D eigenvalue weighted by Gasteiger charge is -2.28. The van der Waals surface area contributed by atoms with Gasteiger partial charge in [-0.1, -0.05) is 24.3 Å². The van der Waals surface area contributed by atoms with Crippen LogP contribution in [0.2, 0.25) is 0 Å². The summed E-state index contributed by atoms with van der Waals surface area (Å²) in [7, 11) is 0. The summed E-state index contributed by atoms with van der Waals surface area (Å²) in [5.41, 5.74) is 5.23. The fraction of sp³-hybridized carbons (Fsp3) is 0.0870. The summed E-state index contributed by atoms with van der Waals surface area (Å²) >= 11 is 0. The van der Waals surface area contributed by atoms with E-state index in [1.54, 1.807) is 18.3 Å². The van der Waals surface area contributed by atoms with E-state index in [1.807, 2.05) is 54.6 Å². The quantitative estimate of drug-likeness (QED) is 0.607. The number of hydrogen-bond donors (Lipinski definition) is 0. The first-order valence-electron chi connectivity index (χ1n) is 8.59. The van der Waals surface area contributed by atoms with E-state index in [2.05, 4.69) is 17.1 Å². The second-order valence-corrected chi connectivity index (χ2v) is 6.27. The third-order valence-electron chi connectivity index (χ3n) is 4.58. The molecule has 1 aliphatic rings. The predicted molar refractivity (Wildman–Crippen MR) is 102 cm³/mol. The van der Waals surface area contributed by atoms with Gasteiger partial charge in [-0.3, -0.25) is 4.98 Å². The molecule has 3 aromatic rings. The molecule has 128 valence electrons. The van der Waals surface area contributed by atoms with E-state index in [-0.39, 0.29) is 6.10 Å². The highest BCUT2D eigenvalue weighted by Crippen LogP contribution is 2.42. The number of ether oxygens (including phenoxy) is 1. The normalized spacial score (nSPS) is 16.7. The minimum atomic E-state index is -0.217. The van der Waals surface area contributed by atoms with E-state index < -0.39 is 0 Å². The average Bonchev–Trinajstić information content (AvgIpc) is 2.74. The summed E-state index contributed by atoms with van der Waals surface area (Å²) in [6.45, 7) is 0. The van der Waals surface area contributed by atoms with E-state index >= 15 is 0 Å². The van der Waals surface area contributed by atoms with Gasteiger partial charge in [-0.2, -0.15) is 10.5 Å². The molecule has 0 amide bonds. The van der Waals surface area contributed by atoms with Gasteiger partial charge in [0.2, 0.25) is 0 Å². The highest BCUT2D eigenvalue weighted by Gasteiger charge is 2.26. The zero-order valence-corrected chi connectivity index (χ0v) is 14.5. The average molecular weight is 349 g/mol. The van der Waals surface area contributed by atoms with Crippen LogP contribution in [0.15, 0.2) is 72.9 Å². The third kappa shape index (κ3) is 3.29. The van der Waals surface area contributed by atoms with Crippen molar-refractivity contribution in [1.29, 1.82) is 10.5 Å². The Bertz CT molecular complexity index is 1100. The molecule has 1 atom stereocenters. The number of hydrogen-bond acceptors (Lipinski definition) is 4. The number of pyridine rings is 1. The van der Waals surface area contributed by atoms with Crippen LogP contribution >= 0.6 is 0 Å². The summed E-state index contributed by atoms with van der Waals surface area (Å²) in [5, 5.41) is 18.4. The smallest absolute Gasteiger partial charge is 0.145 e. The molecular formula is C23H15N3O. The SMILES string of the molecule is N#CC=C1CC(c2ccccn2)Oc2ccc(-c3cccc(C#N)c3)cc21. The molecule has 4 heteroatoms. The van der Waals surface area contributed by atoms with Gasteiger partial charge in [0.15, 0.2) is 0 Å². The van der Waals surface area contributed by atoms with Gasteiger partial charge in [0.1, 0.15) is 11.9 Å². The molecule has 0 aliphatic carbocycles. The van der Waals surface area contributed by atoms with Gasteiger partial charge in [0, 0.05) is 24.3 Å². The first kappa shape index (κ1) is 16.6. The molecule has 4 rings (SSSR count). The molecule has 0 spiro atoms. The van der Waals surface area contributed by atoms with Crippen molar-refractivity contribution in [2.75, 3.05) is 0 Å². The van der Waals surface area contributed by atoms with Crippen LogP contribution in [-0.4, -0.2) is 4.98 Å². The van der Waals surface area contributed by atoms with Crippen molar-refractivity contribution in [2.24, 2.45) is 0 Å². The fourth-order valence-corrected chi connectivity index (χ4v) is 3.28. The molecule has 2 heterocycles. The lowest BCUT2D eigenvalue weighted by Crippen LogP contribution is -2.15. The summed E-state index contributed by atoms with van der Waals surface area (Å²) < 4.78 is 6.17. The lowest BCUT2D eigenvalue weighted by molar-refractivity contribution is 0.198. The number of aromatic nitrogens is 1. The Morgan fingerprint density at radius 3 is 2.67 bits per heavy atom. The Kier molecular flexibility index (Phi) is 4.39. The number of rotatable bonds is 2. The monoisotopic (exact) mass is 349 g/mol. The van der Waals surface area contributed by atoms with E-state index in [0.717, 1.165) is 33.7 Å². The molecule has 1 aliphatic heterocycles. The van der Waals surface area contributed by atoms with Crippen LogP contribution < -0.4 is 4.74 Å². The third-order valence-corrected chi connectivity index (χ3v) is 4.58. The van der Waals surface area contributed by atoms with Crippen molar-refractivity contribution in [2.45, 2.75) is 12.5 Å². The van der Waals surface area contributed by atoms with Crippen LogP contribution in [0.5, 0.6) is 5.75 Å². The second-order valence-electron chi connectivity index (χ2n) is 6.27. The minimum Gasteiger partial charge on any atom is -0.483 e. The van der Waals surface area contributed by atoms with E-state index in [9.17, 15) is 5.26 Å². The number of nitriles is 2. The van der Waals surface area contributed by atoms with Crippen molar-refractivity contribution in [3.8, 4) is 29.0 Å². The number of nitrogens with zero attached hydrogens (tertiary/aromatic N) is 3. The van der Waals surface area contributed by atoms with Crippen molar-refractivity contribution in [3.63, 3.8) is 0 Å². The number of fused-ring (bicyclic) bond motifs is 1. The number of benzene rings is 2. The predicted octanol–water partition coefficient (Wildman–Crippen LogP) is 5.05. The maximum absolute atomic E-state index is 9.24. The summed E-state index contributed by atoms with van der Waals surface area (Å²) in [6, 6.07) is 23.4. The fourth-order valence-electron chi connectivity index (χ4n) is 3.28. The van der Waals surface area contributed by atoms with E-state index in [4.69, 9.17) is 10.00 Å². The minimum absolute atomic E-state index is 0.217. The van der Waals surface area contributed by atoms with Crippen molar-refractivity contribution >= 4 is 5.57 Å². The number of allylic oxidation sites excluding steroid dienone is 1. The second kappa shape index (κ2) is 7.15. The maximum Gasteiger partial charge on any atom is 0.145 e. The van der Waals surface area contributed by atoms with Gasteiger partial charge in [-0.05, 0) is 53.1 Å². The van der Waals surface area contributed by atoms with Gasteiger partial charge >= 0.3 is 0 Å². The molecule has 0 N–H and O–H groups in total. The molecule has 0 bridgehead atoms. The van der Waals surface area contributed by atoms with Crippen LogP contribution in [0.25, 0.3) is 16.7 Å². The van der Waals surface area contributed by atoms with Crippen molar-refractivity contribution in [1.82, 2.24) is 4.98 Å². The zero-order chi connectivity index (χ0) is 18.6. The Morgan fingerprint density at radius 2 is 1.89 bits per heavy atom. The van der Waals surface area contributed by atoms with Crippen molar-refractivity contribution < 1.29 is 4.74 Å². The van der Waals surface area contributed by atoms with Crippen LogP contribution in [0, 0.1) is 22.7 Å². The van der Waals surface area contributed by atoms with Gasteiger partial charge < -0.3 is 4.74 Å². The molecule has 4 nitrogen and oxygen atoms in total. The summed E-state index contributed by atoms with van der Waals surface area (Å²) in [5.74, 6) is 0.735.